The van der Waals surface area contributed by atoms with Crippen LogP contribution in [-0.4, -0.2) is 24.0 Å². The van der Waals surface area contributed by atoms with Crippen molar-refractivity contribution in [2.24, 2.45) is 5.73 Å². The predicted octanol–water partition coefficient (Wildman–Crippen LogP) is 1.83. The Hall–Kier alpha value is -1.14. The van der Waals surface area contributed by atoms with E-state index in [-0.39, 0.29) is 17.2 Å². The zero-order valence-electron chi connectivity index (χ0n) is 10.1. The molecule has 1 unspecified atom stereocenters. The molecule has 0 bridgehead atoms. The van der Waals surface area contributed by atoms with Crippen LogP contribution in [-0.2, 0) is 4.79 Å². The van der Waals surface area contributed by atoms with Gasteiger partial charge in [-0.05, 0) is 13.0 Å². The maximum Gasteiger partial charge on any atom is 0.229 e. The monoisotopic (exact) mass is 274 g/mol. The molecular formula is C12H16F2N2OS. The van der Waals surface area contributed by atoms with Crippen molar-refractivity contribution in [1.29, 1.82) is 0 Å². The van der Waals surface area contributed by atoms with Crippen molar-refractivity contribution < 1.29 is 13.6 Å². The first-order valence-electron chi connectivity index (χ1n) is 5.59. The van der Waals surface area contributed by atoms with Gasteiger partial charge < -0.3 is 11.1 Å². The molecule has 100 valence electrons. The van der Waals surface area contributed by atoms with Gasteiger partial charge in [-0.3, -0.25) is 4.79 Å². The van der Waals surface area contributed by atoms with Gasteiger partial charge in [-0.15, -0.1) is 0 Å². The van der Waals surface area contributed by atoms with Gasteiger partial charge in [0.25, 0.3) is 0 Å². The predicted molar refractivity (Wildman–Crippen MR) is 69.3 cm³/mol. The Balaban J connectivity index is 2.45. The van der Waals surface area contributed by atoms with Crippen molar-refractivity contribution in [3.05, 3.63) is 35.4 Å². The summed E-state index contributed by atoms with van der Waals surface area (Å²) in [5.41, 5.74) is 6.05. The van der Waals surface area contributed by atoms with E-state index < -0.39 is 17.7 Å². The van der Waals surface area contributed by atoms with E-state index >= 15 is 0 Å². The van der Waals surface area contributed by atoms with E-state index in [0.717, 1.165) is 6.07 Å². The molecule has 6 heteroatoms. The summed E-state index contributed by atoms with van der Waals surface area (Å²) in [6.45, 7) is 2.42. The molecule has 0 aromatic heterocycles. The van der Waals surface area contributed by atoms with E-state index in [0.29, 0.717) is 12.3 Å². The maximum absolute atomic E-state index is 13.4. The lowest BCUT2D eigenvalue weighted by atomic mass is 10.1. The second-order valence-corrected chi connectivity index (χ2v) is 4.77. The van der Waals surface area contributed by atoms with E-state index in [4.69, 9.17) is 5.73 Å². The summed E-state index contributed by atoms with van der Waals surface area (Å²) in [5, 5.41) is 2.65. The number of rotatable bonds is 6. The number of carbonyl (C=O) groups is 1. The second kappa shape index (κ2) is 7.33. The van der Waals surface area contributed by atoms with Crippen LogP contribution >= 0.6 is 11.8 Å². The Morgan fingerprint density at radius 3 is 2.83 bits per heavy atom. The largest absolute Gasteiger partial charge is 0.356 e. The lowest BCUT2D eigenvalue weighted by molar-refractivity contribution is -0.118. The van der Waals surface area contributed by atoms with Gasteiger partial charge in [0, 0.05) is 30.0 Å². The molecule has 0 aliphatic heterocycles. The molecule has 18 heavy (non-hydrogen) atoms. The lowest BCUT2D eigenvalue weighted by Crippen LogP contribution is -2.25. The molecule has 1 aromatic rings. The van der Waals surface area contributed by atoms with Crippen molar-refractivity contribution in [3.63, 3.8) is 0 Å². The average molecular weight is 274 g/mol. The molecule has 1 atom stereocenters. The Labute approximate surface area is 109 Å². The summed E-state index contributed by atoms with van der Waals surface area (Å²) in [5.74, 6) is -0.668. The highest BCUT2D eigenvalue weighted by atomic mass is 32.2. The standard InChI is InChI=1S/C12H16F2N2OS/c1-2-16-12(17)7-18-6-11(15)9-4-3-8(13)5-10(9)14/h3-5,11H,2,6-7,15H2,1H3,(H,16,17). The fourth-order valence-electron chi connectivity index (χ4n) is 1.42. The van der Waals surface area contributed by atoms with E-state index in [9.17, 15) is 13.6 Å². The van der Waals surface area contributed by atoms with E-state index in [1.807, 2.05) is 6.92 Å². The van der Waals surface area contributed by atoms with Crippen LogP contribution in [0.15, 0.2) is 18.2 Å². The first-order valence-corrected chi connectivity index (χ1v) is 6.75. The zero-order valence-corrected chi connectivity index (χ0v) is 10.9. The summed E-state index contributed by atoms with van der Waals surface area (Å²) < 4.78 is 26.1. The van der Waals surface area contributed by atoms with E-state index in [1.165, 1.54) is 23.9 Å². The molecule has 3 nitrogen and oxygen atoms in total. The molecule has 1 aromatic carbocycles. The molecule has 0 fully saturated rings. The molecule has 0 saturated heterocycles. The van der Waals surface area contributed by atoms with Gasteiger partial charge in [0.05, 0.1) is 5.75 Å². The molecule has 1 rings (SSSR count). The Morgan fingerprint density at radius 2 is 2.22 bits per heavy atom. The number of amides is 1. The summed E-state index contributed by atoms with van der Waals surface area (Å²) in [7, 11) is 0. The van der Waals surface area contributed by atoms with Crippen LogP contribution < -0.4 is 11.1 Å². The lowest BCUT2D eigenvalue weighted by Gasteiger charge is -2.12. The number of halogens is 2. The molecule has 0 aliphatic carbocycles. The summed E-state index contributed by atoms with van der Waals surface area (Å²) >= 11 is 1.32. The van der Waals surface area contributed by atoms with Crippen LogP contribution in [0, 0.1) is 11.6 Å². The molecular weight excluding hydrogens is 258 g/mol. The fourth-order valence-corrected chi connectivity index (χ4v) is 2.26. The van der Waals surface area contributed by atoms with Crippen LogP contribution in [0.4, 0.5) is 8.78 Å². The molecule has 0 spiro atoms. The Kier molecular flexibility index (Phi) is 6.07. The Bertz CT molecular complexity index is 415. The normalized spacial score (nSPS) is 12.2. The highest BCUT2D eigenvalue weighted by Crippen LogP contribution is 2.19. The first-order chi connectivity index (χ1) is 8.54. The molecule has 1 amide bonds. The van der Waals surface area contributed by atoms with Crippen molar-refractivity contribution in [1.82, 2.24) is 5.32 Å². The number of hydrogen-bond donors (Lipinski definition) is 2. The van der Waals surface area contributed by atoms with Crippen LogP contribution in [0.2, 0.25) is 0 Å². The van der Waals surface area contributed by atoms with Crippen LogP contribution in [0.3, 0.4) is 0 Å². The Morgan fingerprint density at radius 1 is 1.50 bits per heavy atom. The number of hydrogen-bond acceptors (Lipinski definition) is 3. The number of carbonyl (C=O) groups excluding carboxylic acids is 1. The first kappa shape index (κ1) is 14.9. The van der Waals surface area contributed by atoms with Crippen LogP contribution in [0.5, 0.6) is 0 Å². The summed E-state index contributed by atoms with van der Waals surface area (Å²) in [6.07, 6.45) is 0. The SMILES string of the molecule is CCNC(=O)CSCC(N)c1ccc(F)cc1F. The smallest absolute Gasteiger partial charge is 0.229 e. The summed E-state index contributed by atoms with van der Waals surface area (Å²) in [6, 6.07) is 2.77. The van der Waals surface area contributed by atoms with Crippen molar-refractivity contribution in [3.8, 4) is 0 Å². The van der Waals surface area contributed by atoms with Gasteiger partial charge in [0.1, 0.15) is 11.6 Å². The topological polar surface area (TPSA) is 55.1 Å². The highest BCUT2D eigenvalue weighted by Gasteiger charge is 2.12. The van der Waals surface area contributed by atoms with Gasteiger partial charge in [-0.1, -0.05) is 6.07 Å². The van der Waals surface area contributed by atoms with Crippen molar-refractivity contribution >= 4 is 17.7 Å². The average Bonchev–Trinajstić information content (AvgIpc) is 2.29. The minimum absolute atomic E-state index is 0.0747. The third-order valence-corrected chi connectivity index (χ3v) is 3.33. The quantitative estimate of drug-likeness (QED) is 0.832. The number of benzene rings is 1. The van der Waals surface area contributed by atoms with Crippen molar-refractivity contribution in [2.45, 2.75) is 13.0 Å². The minimum Gasteiger partial charge on any atom is -0.356 e. The second-order valence-electron chi connectivity index (χ2n) is 3.74. The van der Waals surface area contributed by atoms with E-state index in [1.54, 1.807) is 0 Å². The van der Waals surface area contributed by atoms with Gasteiger partial charge >= 0.3 is 0 Å². The number of nitrogens with two attached hydrogens (primary N) is 1. The number of thioether (sulfide) groups is 1. The minimum atomic E-state index is -0.652. The third-order valence-electron chi connectivity index (χ3n) is 2.27. The van der Waals surface area contributed by atoms with Crippen molar-refractivity contribution in [2.75, 3.05) is 18.1 Å². The van der Waals surface area contributed by atoms with Gasteiger partial charge in [0.2, 0.25) is 5.91 Å². The zero-order chi connectivity index (χ0) is 13.5. The summed E-state index contributed by atoms with van der Waals surface area (Å²) in [4.78, 5) is 11.2. The molecule has 0 saturated carbocycles. The maximum atomic E-state index is 13.4. The van der Waals surface area contributed by atoms with Crippen LogP contribution in [0.25, 0.3) is 0 Å². The van der Waals surface area contributed by atoms with E-state index in [2.05, 4.69) is 5.32 Å². The van der Waals surface area contributed by atoms with Gasteiger partial charge in [-0.2, -0.15) is 11.8 Å². The molecule has 3 N–H and O–H groups in total. The van der Waals surface area contributed by atoms with Gasteiger partial charge in [-0.25, -0.2) is 8.78 Å². The fraction of sp³-hybridized carbons (Fsp3) is 0.417. The molecule has 0 aliphatic rings. The third kappa shape index (κ3) is 4.62. The molecule has 0 radical (unpaired) electrons. The molecule has 0 heterocycles. The highest BCUT2D eigenvalue weighted by molar-refractivity contribution is 7.99. The van der Waals surface area contributed by atoms with Crippen LogP contribution in [0.1, 0.15) is 18.5 Å². The van der Waals surface area contributed by atoms with Gasteiger partial charge in [0.15, 0.2) is 0 Å². The number of nitrogens with one attached hydrogen (secondary N) is 1.